The lowest BCUT2D eigenvalue weighted by atomic mass is 10.0. The molecule has 105 heavy (non-hydrogen) atoms. The highest BCUT2D eigenvalue weighted by Crippen LogP contribution is 2.45. The second kappa shape index (κ2) is 79.8. The number of carbonyl (C=O) groups excluding carboxylic acids is 3. The van der Waals surface area contributed by atoms with Crippen LogP contribution in [-0.2, 0) is 55.8 Å². The van der Waals surface area contributed by atoms with Crippen LogP contribution in [0.2, 0.25) is 0 Å². The molecule has 5 unspecified atom stereocenters. The number of rotatable bonds is 80. The third kappa shape index (κ3) is 81.0. The van der Waals surface area contributed by atoms with Crippen molar-refractivity contribution in [3.63, 3.8) is 0 Å². The third-order valence-corrected chi connectivity index (χ3v) is 19.9. The van der Waals surface area contributed by atoms with E-state index in [0.29, 0.717) is 19.3 Å². The number of aliphatic hydroxyl groups excluding tert-OH is 2. The standard InChI is InChI=1S/C87H154O16P2/c1-4-7-10-13-16-19-22-25-28-30-32-34-36-38-39-40-41-43-45-46-48-50-53-55-58-61-64-67-70-73-85(90)97-76-82(88)77-99-104(93,94)100-78-83(89)79-101-105(95,96)102-81-84(103-87(92)75-72-69-66-63-60-57-52-27-24-21-18-15-12-9-6-3)80-98-86(91)74-71-68-65-62-59-56-54-51-49-47-44-42-37-35-33-31-29-26-23-20-17-14-11-8-5-2/h8,11,16-17,19-20,25-26,28-29,32-35,38-39,42,44,82-84,88-89H,4-7,9-10,12-15,18,21-24,27,30-31,36-37,40-41,43,45-81H2,1-3H3,(H,93,94)(H,95,96)/b11-8-,19-16-,20-17-,28-25-,29-26-,34-32-,35-33-,39-38-,44-42-. The van der Waals surface area contributed by atoms with Gasteiger partial charge in [0.25, 0.3) is 0 Å². The fourth-order valence-corrected chi connectivity index (χ4v) is 13.2. The van der Waals surface area contributed by atoms with Crippen LogP contribution in [0.4, 0.5) is 0 Å². The summed E-state index contributed by atoms with van der Waals surface area (Å²) in [4.78, 5) is 58.8. The Morgan fingerprint density at radius 1 is 0.276 bits per heavy atom. The molecule has 0 fully saturated rings. The highest BCUT2D eigenvalue weighted by atomic mass is 31.2. The monoisotopic (exact) mass is 1520 g/mol. The van der Waals surface area contributed by atoms with E-state index in [9.17, 15) is 43.5 Å². The molecule has 0 spiro atoms. The van der Waals surface area contributed by atoms with Crippen molar-refractivity contribution in [2.75, 3.05) is 39.6 Å². The molecule has 0 aromatic carbocycles. The molecule has 4 N–H and O–H groups in total. The predicted molar refractivity (Wildman–Crippen MR) is 436 cm³/mol. The van der Waals surface area contributed by atoms with Crippen LogP contribution in [0.1, 0.15) is 367 Å². The Balaban J connectivity index is 4.52. The van der Waals surface area contributed by atoms with Crippen LogP contribution in [0.25, 0.3) is 0 Å². The number of esters is 3. The molecule has 0 aromatic heterocycles. The van der Waals surface area contributed by atoms with E-state index in [1.54, 1.807) is 0 Å². The van der Waals surface area contributed by atoms with Crippen molar-refractivity contribution in [1.82, 2.24) is 0 Å². The first kappa shape index (κ1) is 101. The molecule has 0 heterocycles. The van der Waals surface area contributed by atoms with Gasteiger partial charge in [0.1, 0.15) is 25.4 Å². The minimum absolute atomic E-state index is 0.106. The Labute approximate surface area is 640 Å². The Kier molecular flexibility index (Phi) is 76.9. The minimum atomic E-state index is -4.93. The van der Waals surface area contributed by atoms with Crippen molar-refractivity contribution in [2.45, 2.75) is 386 Å². The zero-order chi connectivity index (χ0) is 76.6. The van der Waals surface area contributed by atoms with Crippen LogP contribution in [0.15, 0.2) is 109 Å². The van der Waals surface area contributed by atoms with E-state index >= 15 is 0 Å². The maximum Gasteiger partial charge on any atom is 0.472 e. The van der Waals surface area contributed by atoms with Gasteiger partial charge in [0, 0.05) is 19.3 Å². The van der Waals surface area contributed by atoms with Crippen molar-refractivity contribution in [2.24, 2.45) is 0 Å². The first-order valence-electron chi connectivity index (χ1n) is 42.2. The summed E-state index contributed by atoms with van der Waals surface area (Å²) in [5.74, 6) is -1.57. The number of allylic oxidation sites excluding steroid dienone is 18. The van der Waals surface area contributed by atoms with Gasteiger partial charge in [0.15, 0.2) is 6.10 Å². The number of phosphoric acid groups is 2. The van der Waals surface area contributed by atoms with Crippen molar-refractivity contribution in [3.05, 3.63) is 109 Å². The van der Waals surface area contributed by atoms with Crippen LogP contribution >= 0.6 is 15.6 Å². The van der Waals surface area contributed by atoms with Crippen LogP contribution in [0.3, 0.4) is 0 Å². The third-order valence-electron chi connectivity index (χ3n) is 18.0. The zero-order valence-corrected chi connectivity index (χ0v) is 68.4. The van der Waals surface area contributed by atoms with Crippen LogP contribution in [0, 0.1) is 0 Å². The lowest BCUT2D eigenvalue weighted by Gasteiger charge is -2.21. The minimum Gasteiger partial charge on any atom is -0.463 e. The van der Waals surface area contributed by atoms with Gasteiger partial charge in [-0.3, -0.25) is 32.5 Å². The van der Waals surface area contributed by atoms with E-state index in [1.807, 2.05) is 0 Å². The van der Waals surface area contributed by atoms with Gasteiger partial charge in [-0.25, -0.2) is 9.13 Å². The Morgan fingerprint density at radius 2 is 0.505 bits per heavy atom. The van der Waals surface area contributed by atoms with Gasteiger partial charge in [-0.05, 0) is 109 Å². The molecule has 0 amide bonds. The summed E-state index contributed by atoms with van der Waals surface area (Å²) in [5, 5.41) is 20.7. The second-order valence-electron chi connectivity index (χ2n) is 28.3. The number of unbranched alkanes of at least 4 members (excludes halogenated alkanes) is 39. The molecule has 18 heteroatoms. The average Bonchev–Trinajstić information content (AvgIpc) is 1.01. The van der Waals surface area contributed by atoms with E-state index in [4.69, 9.17) is 32.3 Å². The molecule has 0 saturated carbocycles. The molecule has 0 aliphatic carbocycles. The fraction of sp³-hybridized carbons (Fsp3) is 0.759. The van der Waals surface area contributed by atoms with Gasteiger partial charge in [0.05, 0.1) is 26.4 Å². The number of ether oxygens (including phenoxy) is 3. The van der Waals surface area contributed by atoms with Crippen LogP contribution < -0.4 is 0 Å². The van der Waals surface area contributed by atoms with Crippen molar-refractivity contribution in [1.29, 1.82) is 0 Å². The zero-order valence-electron chi connectivity index (χ0n) is 66.6. The largest absolute Gasteiger partial charge is 0.472 e. The average molecular weight is 1520 g/mol. The lowest BCUT2D eigenvalue weighted by molar-refractivity contribution is -0.161. The number of hydrogen-bond donors (Lipinski definition) is 4. The summed E-state index contributed by atoms with van der Waals surface area (Å²) in [6, 6.07) is 0. The predicted octanol–water partition coefficient (Wildman–Crippen LogP) is 25.1. The van der Waals surface area contributed by atoms with Crippen LogP contribution in [-0.4, -0.2) is 95.9 Å². The fourth-order valence-electron chi connectivity index (χ4n) is 11.6. The highest BCUT2D eigenvalue weighted by Gasteiger charge is 2.29. The second-order valence-corrected chi connectivity index (χ2v) is 31.2. The molecule has 0 bridgehead atoms. The van der Waals surface area contributed by atoms with Crippen LogP contribution in [0.5, 0.6) is 0 Å². The molecule has 16 nitrogen and oxygen atoms in total. The molecule has 608 valence electrons. The maximum absolute atomic E-state index is 13.0. The Morgan fingerprint density at radius 3 is 0.819 bits per heavy atom. The first-order valence-corrected chi connectivity index (χ1v) is 45.2. The van der Waals surface area contributed by atoms with Crippen molar-refractivity contribution in [3.8, 4) is 0 Å². The highest BCUT2D eigenvalue weighted by molar-refractivity contribution is 7.47. The lowest BCUT2D eigenvalue weighted by Crippen LogP contribution is -2.30. The molecule has 0 aliphatic heterocycles. The van der Waals surface area contributed by atoms with Gasteiger partial charge < -0.3 is 34.2 Å². The molecule has 0 aromatic rings. The number of phosphoric ester groups is 2. The van der Waals surface area contributed by atoms with E-state index < -0.39 is 91.5 Å². The summed E-state index contributed by atoms with van der Waals surface area (Å²) in [6.45, 7) is 2.59. The topological polar surface area (TPSA) is 231 Å². The summed E-state index contributed by atoms with van der Waals surface area (Å²) < 4.78 is 61.3. The van der Waals surface area contributed by atoms with Crippen molar-refractivity contribution < 1.29 is 75.8 Å². The van der Waals surface area contributed by atoms with Gasteiger partial charge in [-0.1, -0.05) is 348 Å². The van der Waals surface area contributed by atoms with Crippen molar-refractivity contribution >= 4 is 33.6 Å². The molecule has 0 radical (unpaired) electrons. The molecule has 0 saturated heterocycles. The van der Waals surface area contributed by atoms with E-state index in [1.165, 1.54) is 173 Å². The number of carbonyl (C=O) groups is 3. The summed E-state index contributed by atoms with van der Waals surface area (Å²) in [6.07, 6.45) is 94.2. The quantitative estimate of drug-likeness (QED) is 0.0146. The molecular weight excluding hydrogens is 1360 g/mol. The SMILES string of the molecule is CC/C=C\C/C=C\C/C=C\C/C=C\C/C=C\CCCCCCCCCCCC(=O)OCC(COP(=O)(O)OCC(O)COP(=O)(O)OCC(O)COC(=O)CCCCCCCCCCCCCCC/C=C\C/C=C\C/C=C\C/C=C\CCCCC)OC(=O)CCCCCCCCCCCCCCCCC. The molecular formula is C87H154O16P2. The Bertz CT molecular complexity index is 2340. The molecule has 0 rings (SSSR count). The summed E-state index contributed by atoms with van der Waals surface area (Å²) in [5.41, 5.74) is 0. The Hall–Kier alpha value is -3.79. The van der Waals surface area contributed by atoms with Gasteiger partial charge >= 0.3 is 33.6 Å². The molecule has 0 aliphatic rings. The summed E-state index contributed by atoms with van der Waals surface area (Å²) in [7, 11) is -9.79. The first-order chi connectivity index (χ1) is 51.2. The van der Waals surface area contributed by atoms with Gasteiger partial charge in [-0.2, -0.15) is 0 Å². The number of aliphatic hydroxyl groups is 2. The number of hydrogen-bond acceptors (Lipinski definition) is 14. The smallest absolute Gasteiger partial charge is 0.463 e. The van der Waals surface area contributed by atoms with Gasteiger partial charge in [0.2, 0.25) is 0 Å². The van der Waals surface area contributed by atoms with Gasteiger partial charge in [-0.15, -0.1) is 0 Å². The maximum atomic E-state index is 13.0. The van der Waals surface area contributed by atoms with E-state index in [0.717, 1.165) is 135 Å². The molecule has 5 atom stereocenters. The van der Waals surface area contributed by atoms with E-state index in [2.05, 4.69) is 130 Å². The van der Waals surface area contributed by atoms with E-state index in [-0.39, 0.29) is 19.3 Å². The normalized spacial score (nSPS) is 14.5. The summed E-state index contributed by atoms with van der Waals surface area (Å²) >= 11 is 0.